The van der Waals surface area contributed by atoms with Crippen LogP contribution in [0.5, 0.6) is 0 Å². The van der Waals surface area contributed by atoms with E-state index in [0.29, 0.717) is 19.7 Å². The Morgan fingerprint density at radius 3 is 2.54 bits per heavy atom. The molecule has 1 aromatic carbocycles. The smallest absolute Gasteiger partial charge is 0.250 e. The van der Waals surface area contributed by atoms with Gasteiger partial charge in [0, 0.05) is 32.0 Å². The predicted octanol–water partition coefficient (Wildman–Crippen LogP) is 1.99. The van der Waals surface area contributed by atoms with Crippen LogP contribution < -0.4 is 16.2 Å². The zero-order valence-corrected chi connectivity index (χ0v) is 15.6. The fourth-order valence-corrected chi connectivity index (χ4v) is 2.44. The zero-order valence-electron chi connectivity index (χ0n) is 15.6. The van der Waals surface area contributed by atoms with Crippen LogP contribution in [0.15, 0.2) is 58.4 Å². The number of nitrogens with zero attached hydrogens (tertiary/aromatic N) is 2. The average Bonchev–Trinajstić information content (AvgIpc) is 2.66. The first kappa shape index (κ1) is 19.7. The van der Waals surface area contributed by atoms with E-state index in [1.807, 2.05) is 32.0 Å². The van der Waals surface area contributed by atoms with Gasteiger partial charge in [0.2, 0.25) is 0 Å². The van der Waals surface area contributed by atoms with Crippen LogP contribution in [-0.2, 0) is 17.8 Å². The molecule has 0 amide bonds. The lowest BCUT2D eigenvalue weighted by molar-refractivity contribution is 0.152. The SMILES string of the molecule is CCNC(=NCc1ccc(Cn2ccccc2=O)cc1)NCCOCC. The van der Waals surface area contributed by atoms with Crippen molar-refractivity contribution in [2.75, 3.05) is 26.3 Å². The molecule has 2 rings (SSSR count). The molecule has 26 heavy (non-hydrogen) atoms. The second-order valence-corrected chi connectivity index (χ2v) is 5.80. The second kappa shape index (κ2) is 11.1. The summed E-state index contributed by atoms with van der Waals surface area (Å²) in [6, 6.07) is 13.4. The Bertz CT molecular complexity index is 738. The van der Waals surface area contributed by atoms with Gasteiger partial charge in [-0.1, -0.05) is 30.3 Å². The number of guanidine groups is 1. The molecular formula is C20H28N4O2. The summed E-state index contributed by atoms with van der Waals surface area (Å²) in [5.74, 6) is 0.784. The fraction of sp³-hybridized carbons (Fsp3) is 0.400. The summed E-state index contributed by atoms with van der Waals surface area (Å²) in [6.45, 7) is 8.11. The van der Waals surface area contributed by atoms with Crippen molar-refractivity contribution in [3.05, 3.63) is 70.1 Å². The Kier molecular flexibility index (Phi) is 8.42. The molecular weight excluding hydrogens is 328 g/mol. The maximum atomic E-state index is 11.8. The molecule has 0 aliphatic rings. The normalized spacial score (nSPS) is 11.4. The molecule has 1 heterocycles. The first-order chi connectivity index (χ1) is 12.7. The van der Waals surface area contributed by atoms with Crippen LogP contribution in [0.1, 0.15) is 25.0 Å². The van der Waals surface area contributed by atoms with Crippen molar-refractivity contribution >= 4 is 5.96 Å². The molecule has 1 aromatic heterocycles. The molecule has 0 spiro atoms. The van der Waals surface area contributed by atoms with Crippen LogP contribution in [0, 0.1) is 0 Å². The highest BCUT2D eigenvalue weighted by atomic mass is 16.5. The molecule has 6 heteroatoms. The van der Waals surface area contributed by atoms with Crippen molar-refractivity contribution in [3.8, 4) is 0 Å². The van der Waals surface area contributed by atoms with Gasteiger partial charge in [-0.3, -0.25) is 4.79 Å². The second-order valence-electron chi connectivity index (χ2n) is 5.80. The maximum Gasteiger partial charge on any atom is 0.250 e. The van der Waals surface area contributed by atoms with Gasteiger partial charge in [-0.15, -0.1) is 0 Å². The Morgan fingerprint density at radius 2 is 1.85 bits per heavy atom. The minimum atomic E-state index is 0.00888. The number of hydrogen-bond acceptors (Lipinski definition) is 3. The largest absolute Gasteiger partial charge is 0.380 e. The Hall–Kier alpha value is -2.60. The maximum absolute atomic E-state index is 11.8. The topological polar surface area (TPSA) is 67.7 Å². The monoisotopic (exact) mass is 356 g/mol. The van der Waals surface area contributed by atoms with Gasteiger partial charge in [0.1, 0.15) is 0 Å². The lowest BCUT2D eigenvalue weighted by Gasteiger charge is -2.11. The molecule has 2 aromatic rings. The first-order valence-corrected chi connectivity index (χ1v) is 9.06. The minimum Gasteiger partial charge on any atom is -0.380 e. The van der Waals surface area contributed by atoms with E-state index >= 15 is 0 Å². The molecule has 0 saturated carbocycles. The number of benzene rings is 1. The number of aromatic nitrogens is 1. The van der Waals surface area contributed by atoms with Gasteiger partial charge in [0.05, 0.1) is 19.7 Å². The Labute approximate surface area is 154 Å². The minimum absolute atomic E-state index is 0.00888. The van der Waals surface area contributed by atoms with E-state index in [1.165, 1.54) is 0 Å². The van der Waals surface area contributed by atoms with Crippen molar-refractivity contribution in [3.63, 3.8) is 0 Å². The van der Waals surface area contributed by atoms with Crippen molar-refractivity contribution < 1.29 is 4.74 Å². The van der Waals surface area contributed by atoms with E-state index in [2.05, 4.69) is 27.8 Å². The standard InChI is InChI=1S/C20H28N4O2/c1-3-21-20(22-12-14-26-4-2)23-15-17-8-10-18(11-9-17)16-24-13-6-5-7-19(24)25/h5-11,13H,3-4,12,14-16H2,1-2H3,(H2,21,22,23). The molecule has 0 aliphatic carbocycles. The van der Waals surface area contributed by atoms with Crippen molar-refractivity contribution in [2.45, 2.75) is 26.9 Å². The zero-order chi connectivity index (χ0) is 18.6. The molecule has 140 valence electrons. The van der Waals surface area contributed by atoms with Crippen LogP contribution in [0.3, 0.4) is 0 Å². The van der Waals surface area contributed by atoms with Gasteiger partial charge in [0.25, 0.3) is 5.56 Å². The van der Waals surface area contributed by atoms with E-state index in [0.717, 1.165) is 36.8 Å². The molecule has 0 aliphatic heterocycles. The highest BCUT2D eigenvalue weighted by molar-refractivity contribution is 5.79. The van der Waals surface area contributed by atoms with E-state index < -0.39 is 0 Å². The van der Waals surface area contributed by atoms with Crippen molar-refractivity contribution in [1.82, 2.24) is 15.2 Å². The van der Waals surface area contributed by atoms with Gasteiger partial charge >= 0.3 is 0 Å². The van der Waals surface area contributed by atoms with E-state index in [-0.39, 0.29) is 5.56 Å². The van der Waals surface area contributed by atoms with Gasteiger partial charge in [0.15, 0.2) is 5.96 Å². The lowest BCUT2D eigenvalue weighted by atomic mass is 10.1. The summed E-state index contributed by atoms with van der Waals surface area (Å²) in [7, 11) is 0. The van der Waals surface area contributed by atoms with E-state index in [1.54, 1.807) is 22.9 Å². The van der Waals surface area contributed by atoms with Crippen LogP contribution in [0.25, 0.3) is 0 Å². The summed E-state index contributed by atoms with van der Waals surface area (Å²) in [6.07, 6.45) is 1.80. The third-order valence-electron chi connectivity index (χ3n) is 3.78. The average molecular weight is 356 g/mol. The van der Waals surface area contributed by atoms with Gasteiger partial charge in [-0.05, 0) is 31.0 Å². The first-order valence-electron chi connectivity index (χ1n) is 9.06. The van der Waals surface area contributed by atoms with Crippen molar-refractivity contribution in [1.29, 1.82) is 0 Å². The third kappa shape index (κ3) is 6.72. The Balaban J connectivity index is 1.92. The number of pyridine rings is 1. The Morgan fingerprint density at radius 1 is 1.08 bits per heavy atom. The highest BCUT2D eigenvalue weighted by Gasteiger charge is 2.00. The quantitative estimate of drug-likeness (QED) is 0.410. The highest BCUT2D eigenvalue weighted by Crippen LogP contribution is 2.07. The van der Waals surface area contributed by atoms with Crippen LogP contribution >= 0.6 is 0 Å². The molecule has 0 bridgehead atoms. The predicted molar refractivity (Wildman–Crippen MR) is 106 cm³/mol. The summed E-state index contributed by atoms with van der Waals surface area (Å²) in [5, 5.41) is 6.48. The summed E-state index contributed by atoms with van der Waals surface area (Å²) in [4.78, 5) is 16.4. The third-order valence-corrected chi connectivity index (χ3v) is 3.78. The summed E-state index contributed by atoms with van der Waals surface area (Å²) >= 11 is 0. The number of aliphatic imine (C=N–C) groups is 1. The molecule has 0 unspecified atom stereocenters. The van der Waals surface area contributed by atoms with Crippen LogP contribution in [0.2, 0.25) is 0 Å². The van der Waals surface area contributed by atoms with Gasteiger partial charge in [-0.2, -0.15) is 0 Å². The molecule has 0 radical (unpaired) electrons. The summed E-state index contributed by atoms with van der Waals surface area (Å²) in [5.41, 5.74) is 2.22. The van der Waals surface area contributed by atoms with E-state index in [4.69, 9.17) is 4.74 Å². The van der Waals surface area contributed by atoms with E-state index in [9.17, 15) is 4.79 Å². The lowest BCUT2D eigenvalue weighted by Crippen LogP contribution is -2.39. The molecule has 0 fully saturated rings. The summed E-state index contributed by atoms with van der Waals surface area (Å²) < 4.78 is 7.02. The van der Waals surface area contributed by atoms with Gasteiger partial charge in [-0.25, -0.2) is 4.99 Å². The molecule has 0 saturated heterocycles. The van der Waals surface area contributed by atoms with Gasteiger partial charge < -0.3 is 19.9 Å². The number of ether oxygens (including phenoxy) is 1. The number of nitrogens with one attached hydrogen (secondary N) is 2. The van der Waals surface area contributed by atoms with Crippen LogP contribution in [0.4, 0.5) is 0 Å². The van der Waals surface area contributed by atoms with Crippen molar-refractivity contribution in [2.24, 2.45) is 4.99 Å². The number of rotatable bonds is 9. The number of hydrogen-bond donors (Lipinski definition) is 2. The molecule has 0 atom stereocenters. The fourth-order valence-electron chi connectivity index (χ4n) is 2.44. The molecule has 6 nitrogen and oxygen atoms in total. The van der Waals surface area contributed by atoms with Crippen LogP contribution in [-0.4, -0.2) is 36.8 Å². The molecule has 2 N–H and O–H groups in total.